The largest absolute Gasteiger partial charge is 0.347 e. The zero-order valence-corrected chi connectivity index (χ0v) is 12.4. The Kier molecular flexibility index (Phi) is 4.42. The first kappa shape index (κ1) is 13.6. The van der Waals surface area contributed by atoms with Crippen molar-refractivity contribution in [2.75, 3.05) is 0 Å². The van der Waals surface area contributed by atoms with Crippen LogP contribution in [0.15, 0.2) is 39.0 Å². The fourth-order valence-corrected chi connectivity index (χ4v) is 3.01. The van der Waals surface area contributed by atoms with Crippen LogP contribution in [0.3, 0.4) is 0 Å². The molecule has 1 aromatic heterocycles. The van der Waals surface area contributed by atoms with Gasteiger partial charge in [0.1, 0.15) is 5.82 Å². The molecule has 0 aliphatic rings. The maximum Gasteiger partial charge on any atom is 0.251 e. The normalized spacial score (nSPS) is 10.4. The maximum absolute atomic E-state index is 13.0. The number of halogens is 2. The molecule has 0 bridgehead atoms. The molecule has 2 nitrogen and oxygen atoms in total. The molecule has 1 N–H and O–H groups in total. The van der Waals surface area contributed by atoms with Gasteiger partial charge in [-0.1, -0.05) is 0 Å². The SMILES string of the molecule is O=C(NCc1sccc1Br)c1ccc(F)c(S)c1. The number of benzene rings is 1. The van der Waals surface area contributed by atoms with Crippen LogP contribution >= 0.6 is 39.9 Å². The average molecular weight is 346 g/mol. The molecule has 1 amide bonds. The van der Waals surface area contributed by atoms with Crippen LogP contribution in [0.25, 0.3) is 0 Å². The van der Waals surface area contributed by atoms with Gasteiger partial charge < -0.3 is 5.32 Å². The molecule has 2 aromatic rings. The summed E-state index contributed by atoms with van der Waals surface area (Å²) in [5.41, 5.74) is 0.397. The minimum absolute atomic E-state index is 0.167. The minimum atomic E-state index is -0.434. The predicted octanol–water partition coefficient (Wildman–Crippen LogP) is 3.87. The number of hydrogen-bond donors (Lipinski definition) is 2. The van der Waals surface area contributed by atoms with Gasteiger partial charge in [0.2, 0.25) is 0 Å². The Hall–Kier alpha value is -0.850. The van der Waals surface area contributed by atoms with Crippen molar-refractivity contribution in [2.24, 2.45) is 0 Å². The van der Waals surface area contributed by atoms with E-state index >= 15 is 0 Å². The Morgan fingerprint density at radius 3 is 2.83 bits per heavy atom. The highest BCUT2D eigenvalue weighted by Crippen LogP contribution is 2.22. The van der Waals surface area contributed by atoms with Gasteiger partial charge in [0.25, 0.3) is 5.91 Å². The molecule has 94 valence electrons. The second kappa shape index (κ2) is 5.86. The number of hydrogen-bond acceptors (Lipinski definition) is 3. The Balaban J connectivity index is 2.04. The summed E-state index contributed by atoms with van der Waals surface area (Å²) in [4.78, 5) is 13.0. The zero-order valence-electron chi connectivity index (χ0n) is 9.11. The number of rotatable bonds is 3. The molecule has 0 saturated heterocycles. The Labute approximate surface area is 122 Å². The summed E-state index contributed by atoms with van der Waals surface area (Å²) in [6.45, 7) is 0.441. The van der Waals surface area contributed by atoms with E-state index in [0.29, 0.717) is 12.1 Å². The smallest absolute Gasteiger partial charge is 0.251 e. The monoisotopic (exact) mass is 345 g/mol. The van der Waals surface area contributed by atoms with Crippen molar-refractivity contribution in [3.05, 3.63) is 50.4 Å². The summed E-state index contributed by atoms with van der Waals surface area (Å²) < 4.78 is 14.0. The van der Waals surface area contributed by atoms with E-state index in [2.05, 4.69) is 33.9 Å². The summed E-state index contributed by atoms with van der Waals surface area (Å²) in [6.07, 6.45) is 0. The second-order valence-corrected chi connectivity index (χ2v) is 5.88. The first-order valence-electron chi connectivity index (χ1n) is 5.06. The molecule has 6 heteroatoms. The molecular weight excluding hydrogens is 337 g/mol. The molecule has 2 rings (SSSR count). The topological polar surface area (TPSA) is 29.1 Å². The Morgan fingerprint density at radius 2 is 2.22 bits per heavy atom. The van der Waals surface area contributed by atoms with E-state index in [1.807, 2.05) is 11.4 Å². The van der Waals surface area contributed by atoms with Crippen LogP contribution in [0.2, 0.25) is 0 Å². The van der Waals surface area contributed by atoms with Crippen molar-refractivity contribution in [3.8, 4) is 0 Å². The van der Waals surface area contributed by atoms with Gasteiger partial charge >= 0.3 is 0 Å². The third-order valence-corrected chi connectivity index (χ3v) is 4.58. The van der Waals surface area contributed by atoms with E-state index in [0.717, 1.165) is 9.35 Å². The van der Waals surface area contributed by atoms with Gasteiger partial charge in [-0.2, -0.15) is 0 Å². The van der Waals surface area contributed by atoms with Gasteiger partial charge in [-0.05, 0) is 45.6 Å². The Bertz CT molecular complexity index is 585. The molecule has 0 radical (unpaired) electrons. The molecule has 18 heavy (non-hydrogen) atoms. The zero-order chi connectivity index (χ0) is 13.1. The quantitative estimate of drug-likeness (QED) is 0.812. The molecule has 0 unspecified atom stereocenters. The van der Waals surface area contributed by atoms with Crippen molar-refractivity contribution >= 4 is 45.8 Å². The third-order valence-electron chi connectivity index (χ3n) is 2.31. The minimum Gasteiger partial charge on any atom is -0.347 e. The number of nitrogens with one attached hydrogen (secondary N) is 1. The molecule has 0 spiro atoms. The van der Waals surface area contributed by atoms with E-state index in [4.69, 9.17) is 0 Å². The fourth-order valence-electron chi connectivity index (χ4n) is 1.37. The van der Waals surface area contributed by atoms with Gasteiger partial charge in [0.15, 0.2) is 0 Å². The molecule has 0 atom stereocenters. The number of amides is 1. The summed E-state index contributed by atoms with van der Waals surface area (Å²) in [7, 11) is 0. The lowest BCUT2D eigenvalue weighted by Crippen LogP contribution is -2.22. The van der Waals surface area contributed by atoms with Gasteiger partial charge in [-0.15, -0.1) is 24.0 Å². The number of thiol groups is 1. The predicted molar refractivity (Wildman–Crippen MR) is 76.8 cm³/mol. The number of carbonyl (C=O) groups is 1. The van der Waals surface area contributed by atoms with Crippen LogP contribution in [0, 0.1) is 5.82 Å². The highest BCUT2D eigenvalue weighted by molar-refractivity contribution is 9.10. The van der Waals surface area contributed by atoms with Crippen LogP contribution in [0.5, 0.6) is 0 Å². The molecule has 0 fully saturated rings. The van der Waals surface area contributed by atoms with E-state index in [1.165, 1.54) is 18.2 Å². The summed E-state index contributed by atoms with van der Waals surface area (Å²) >= 11 is 8.89. The highest BCUT2D eigenvalue weighted by atomic mass is 79.9. The average Bonchev–Trinajstić information content (AvgIpc) is 2.75. The van der Waals surface area contributed by atoms with Gasteiger partial charge in [-0.3, -0.25) is 4.79 Å². The van der Waals surface area contributed by atoms with E-state index < -0.39 is 5.82 Å². The van der Waals surface area contributed by atoms with Gasteiger partial charge in [0.05, 0.1) is 6.54 Å². The molecule has 0 aliphatic carbocycles. The standard InChI is InChI=1S/C12H9BrFNOS2/c13-8-3-4-18-11(8)6-15-12(16)7-1-2-9(14)10(17)5-7/h1-5,17H,6H2,(H,15,16). The van der Waals surface area contributed by atoms with E-state index in [1.54, 1.807) is 11.3 Å². The molecular formula is C12H9BrFNOS2. The Morgan fingerprint density at radius 1 is 1.44 bits per heavy atom. The fraction of sp³-hybridized carbons (Fsp3) is 0.0833. The molecule has 0 saturated carbocycles. The second-order valence-electron chi connectivity index (χ2n) is 3.54. The molecule has 1 heterocycles. The maximum atomic E-state index is 13.0. The summed E-state index contributed by atoms with van der Waals surface area (Å²) in [5, 5.41) is 4.71. The third kappa shape index (κ3) is 3.13. The van der Waals surface area contributed by atoms with Crippen LogP contribution < -0.4 is 5.32 Å². The van der Waals surface area contributed by atoms with Gasteiger partial charge in [0, 0.05) is 19.8 Å². The lowest BCUT2D eigenvalue weighted by molar-refractivity contribution is 0.0951. The van der Waals surface area contributed by atoms with Crippen molar-refractivity contribution in [1.82, 2.24) is 5.32 Å². The van der Waals surface area contributed by atoms with E-state index in [-0.39, 0.29) is 10.8 Å². The van der Waals surface area contributed by atoms with Gasteiger partial charge in [-0.25, -0.2) is 4.39 Å². The number of carbonyl (C=O) groups excluding carboxylic acids is 1. The van der Waals surface area contributed by atoms with Crippen molar-refractivity contribution < 1.29 is 9.18 Å². The van der Waals surface area contributed by atoms with Crippen molar-refractivity contribution in [1.29, 1.82) is 0 Å². The van der Waals surface area contributed by atoms with Crippen molar-refractivity contribution in [3.63, 3.8) is 0 Å². The van der Waals surface area contributed by atoms with Crippen LogP contribution in [-0.2, 0) is 6.54 Å². The lowest BCUT2D eigenvalue weighted by atomic mass is 10.2. The van der Waals surface area contributed by atoms with Crippen LogP contribution in [-0.4, -0.2) is 5.91 Å². The summed E-state index contributed by atoms with van der Waals surface area (Å²) in [6, 6.07) is 6.01. The van der Waals surface area contributed by atoms with Crippen molar-refractivity contribution in [2.45, 2.75) is 11.4 Å². The highest BCUT2D eigenvalue weighted by Gasteiger charge is 2.09. The number of thiophene rings is 1. The first-order valence-corrected chi connectivity index (χ1v) is 7.18. The van der Waals surface area contributed by atoms with Crippen LogP contribution in [0.1, 0.15) is 15.2 Å². The summed E-state index contributed by atoms with van der Waals surface area (Å²) in [5.74, 6) is -0.679. The molecule has 1 aromatic carbocycles. The van der Waals surface area contributed by atoms with E-state index in [9.17, 15) is 9.18 Å². The van der Waals surface area contributed by atoms with Crippen LogP contribution in [0.4, 0.5) is 4.39 Å². The first-order chi connectivity index (χ1) is 8.58. The molecule has 0 aliphatic heterocycles. The lowest BCUT2D eigenvalue weighted by Gasteiger charge is -2.05.